The molecule has 1 aliphatic heterocycles. The zero-order valence-corrected chi connectivity index (χ0v) is 17.2. The molecular weight excluding hydrogens is 356 g/mol. The minimum Gasteiger partial charge on any atom is -0.326 e. The van der Waals surface area contributed by atoms with Crippen molar-refractivity contribution < 1.29 is 9.59 Å². The normalized spacial score (nSPS) is 16.4. The number of rotatable bonds is 3. The van der Waals surface area contributed by atoms with E-state index in [0.29, 0.717) is 23.4 Å². The average Bonchev–Trinajstić information content (AvgIpc) is 3.10. The lowest BCUT2D eigenvalue weighted by atomic mass is 9.95. The van der Waals surface area contributed by atoms with Gasteiger partial charge in [0.15, 0.2) is 0 Å². The van der Waals surface area contributed by atoms with Crippen LogP contribution in [-0.2, 0) is 16.1 Å². The molecule has 140 valence electrons. The Balaban J connectivity index is 2.18. The highest BCUT2D eigenvalue weighted by Crippen LogP contribution is 2.38. The summed E-state index contributed by atoms with van der Waals surface area (Å²) in [6, 6.07) is 9.33. The van der Waals surface area contributed by atoms with Crippen molar-refractivity contribution in [2.45, 2.75) is 41.2 Å². The van der Waals surface area contributed by atoms with E-state index in [1.807, 2.05) is 46.8 Å². The highest BCUT2D eigenvalue weighted by atomic mass is 32.1. The van der Waals surface area contributed by atoms with Crippen molar-refractivity contribution in [1.82, 2.24) is 0 Å². The van der Waals surface area contributed by atoms with Crippen LogP contribution in [0.1, 0.15) is 41.7 Å². The molecule has 0 saturated carbocycles. The van der Waals surface area contributed by atoms with Crippen LogP contribution < -0.4 is 10.6 Å². The maximum absolute atomic E-state index is 13.3. The number of anilines is 1. The molecule has 3 rings (SSSR count). The highest BCUT2D eigenvalue weighted by molar-refractivity contribution is 7.12. The zero-order chi connectivity index (χ0) is 19.9. The van der Waals surface area contributed by atoms with Crippen LogP contribution in [0.2, 0.25) is 0 Å². The molecule has 4 nitrogen and oxygen atoms in total. The zero-order valence-electron chi connectivity index (χ0n) is 16.3. The van der Waals surface area contributed by atoms with Crippen LogP contribution in [0.15, 0.2) is 47.1 Å². The van der Waals surface area contributed by atoms with Gasteiger partial charge in [-0.15, -0.1) is 11.3 Å². The largest absolute Gasteiger partial charge is 0.326 e. The number of nitrogens with zero attached hydrogens (tertiary/aromatic N) is 1. The number of carbonyl (C=O) groups is 2. The monoisotopic (exact) mass is 380 g/mol. The number of allylic oxidation sites excluding steroid dienone is 2. The summed E-state index contributed by atoms with van der Waals surface area (Å²) in [5.41, 5.74) is 10.9. The quantitative estimate of drug-likeness (QED) is 0.629. The summed E-state index contributed by atoms with van der Waals surface area (Å²) >= 11 is 1.70. The van der Waals surface area contributed by atoms with E-state index in [1.54, 1.807) is 23.5 Å². The first-order valence-corrected chi connectivity index (χ1v) is 9.71. The van der Waals surface area contributed by atoms with Crippen LogP contribution >= 0.6 is 11.3 Å². The van der Waals surface area contributed by atoms with E-state index < -0.39 is 0 Å². The lowest BCUT2D eigenvalue weighted by Gasteiger charge is -2.14. The van der Waals surface area contributed by atoms with Gasteiger partial charge in [0.25, 0.3) is 11.8 Å². The highest BCUT2D eigenvalue weighted by Gasteiger charge is 2.41. The standard InChI is InChI=1S/C22H24N2O2S/c1-12(2)19-20(14(4)18-10-13(3)27-15(18)5)22(26)24(21(19)25)17-8-6-16(11-23)7-9-17/h6-10H,11,23H2,1-5H3/b20-14-. The number of hydrogen-bond donors (Lipinski definition) is 1. The van der Waals surface area contributed by atoms with Gasteiger partial charge in [0.2, 0.25) is 0 Å². The summed E-state index contributed by atoms with van der Waals surface area (Å²) in [5.74, 6) is -0.531. The summed E-state index contributed by atoms with van der Waals surface area (Å²) in [5, 5.41) is 0. The smallest absolute Gasteiger partial charge is 0.266 e. The number of benzene rings is 1. The first kappa shape index (κ1) is 19.3. The van der Waals surface area contributed by atoms with Gasteiger partial charge in [-0.3, -0.25) is 9.59 Å². The Labute approximate surface area is 164 Å². The molecule has 1 aromatic heterocycles. The van der Waals surface area contributed by atoms with Gasteiger partial charge < -0.3 is 5.73 Å². The van der Waals surface area contributed by atoms with Crippen LogP contribution in [0.25, 0.3) is 5.57 Å². The third-order valence-electron chi connectivity index (χ3n) is 4.83. The Kier molecular flexibility index (Phi) is 5.18. The first-order valence-electron chi connectivity index (χ1n) is 8.90. The predicted octanol–water partition coefficient (Wildman–Crippen LogP) is 4.51. The number of carbonyl (C=O) groups excluding carboxylic acids is 2. The Bertz CT molecular complexity index is 990. The van der Waals surface area contributed by atoms with E-state index in [4.69, 9.17) is 5.73 Å². The van der Waals surface area contributed by atoms with Crippen molar-refractivity contribution >= 4 is 34.4 Å². The predicted molar refractivity (Wildman–Crippen MR) is 112 cm³/mol. The average molecular weight is 381 g/mol. The first-order chi connectivity index (χ1) is 12.8. The van der Waals surface area contributed by atoms with Crippen molar-refractivity contribution in [1.29, 1.82) is 0 Å². The van der Waals surface area contributed by atoms with Crippen LogP contribution in [0.4, 0.5) is 5.69 Å². The molecule has 1 fully saturated rings. The topological polar surface area (TPSA) is 63.4 Å². The van der Waals surface area contributed by atoms with Gasteiger partial charge in [-0.25, -0.2) is 4.90 Å². The fourth-order valence-corrected chi connectivity index (χ4v) is 4.48. The third kappa shape index (κ3) is 3.29. The number of imide groups is 1. The van der Waals surface area contributed by atoms with E-state index in [-0.39, 0.29) is 11.8 Å². The molecule has 2 aromatic rings. The summed E-state index contributed by atoms with van der Waals surface area (Å²) in [6.07, 6.45) is 0. The Morgan fingerprint density at radius 2 is 1.59 bits per heavy atom. The fraction of sp³-hybridized carbons (Fsp3) is 0.273. The molecule has 1 aliphatic rings. The lowest BCUT2D eigenvalue weighted by Crippen LogP contribution is -2.29. The lowest BCUT2D eigenvalue weighted by molar-refractivity contribution is -0.119. The molecule has 0 atom stereocenters. The Hall–Kier alpha value is -2.50. The van der Waals surface area contributed by atoms with E-state index in [9.17, 15) is 9.59 Å². The van der Waals surface area contributed by atoms with Gasteiger partial charge in [0, 0.05) is 16.3 Å². The minimum absolute atomic E-state index is 0.264. The maximum atomic E-state index is 13.3. The molecule has 2 amide bonds. The molecule has 1 saturated heterocycles. The van der Waals surface area contributed by atoms with Crippen LogP contribution in [0.3, 0.4) is 0 Å². The minimum atomic E-state index is -0.266. The third-order valence-corrected chi connectivity index (χ3v) is 5.80. The van der Waals surface area contributed by atoms with Gasteiger partial charge in [0.05, 0.1) is 16.8 Å². The van der Waals surface area contributed by atoms with Crippen molar-refractivity contribution in [3.05, 3.63) is 67.9 Å². The number of hydrogen-bond acceptors (Lipinski definition) is 4. The van der Waals surface area contributed by atoms with E-state index in [0.717, 1.165) is 27.2 Å². The molecule has 0 bridgehead atoms. The fourth-order valence-electron chi connectivity index (χ4n) is 3.49. The summed E-state index contributed by atoms with van der Waals surface area (Å²) < 4.78 is 0. The molecule has 0 spiro atoms. The SMILES string of the molecule is CC(C)=C1C(=O)N(c2ccc(CN)cc2)C(=O)/C1=C(/C)c1cc(C)sc1C. The Morgan fingerprint density at radius 1 is 1.00 bits per heavy atom. The van der Waals surface area contributed by atoms with Gasteiger partial charge in [-0.05, 0) is 69.5 Å². The van der Waals surface area contributed by atoms with Gasteiger partial charge >= 0.3 is 0 Å². The molecule has 1 aromatic carbocycles. The van der Waals surface area contributed by atoms with E-state index in [1.165, 1.54) is 9.78 Å². The molecule has 27 heavy (non-hydrogen) atoms. The molecular formula is C22H24N2O2S. The van der Waals surface area contributed by atoms with Crippen LogP contribution in [0, 0.1) is 13.8 Å². The molecule has 2 N–H and O–H groups in total. The van der Waals surface area contributed by atoms with Crippen molar-refractivity contribution in [3.8, 4) is 0 Å². The second-order valence-corrected chi connectivity index (χ2v) is 8.48. The second-order valence-electron chi connectivity index (χ2n) is 7.02. The van der Waals surface area contributed by atoms with E-state index >= 15 is 0 Å². The summed E-state index contributed by atoms with van der Waals surface area (Å²) in [4.78, 5) is 30.1. The number of thiophene rings is 1. The molecule has 5 heteroatoms. The van der Waals surface area contributed by atoms with Crippen LogP contribution in [0.5, 0.6) is 0 Å². The number of nitrogens with two attached hydrogens (primary N) is 1. The van der Waals surface area contributed by atoms with Gasteiger partial charge in [-0.2, -0.15) is 0 Å². The summed E-state index contributed by atoms with van der Waals surface area (Å²) in [7, 11) is 0. The number of amides is 2. The van der Waals surface area contributed by atoms with Gasteiger partial charge in [-0.1, -0.05) is 17.7 Å². The van der Waals surface area contributed by atoms with Crippen molar-refractivity contribution in [2.75, 3.05) is 4.90 Å². The Morgan fingerprint density at radius 3 is 2.07 bits per heavy atom. The van der Waals surface area contributed by atoms with Gasteiger partial charge in [0.1, 0.15) is 0 Å². The number of aryl methyl sites for hydroxylation is 2. The molecule has 0 aliphatic carbocycles. The molecule has 0 unspecified atom stereocenters. The molecule has 2 heterocycles. The van der Waals surface area contributed by atoms with E-state index in [2.05, 4.69) is 6.07 Å². The van der Waals surface area contributed by atoms with Crippen LogP contribution in [-0.4, -0.2) is 11.8 Å². The maximum Gasteiger partial charge on any atom is 0.266 e. The summed E-state index contributed by atoms with van der Waals surface area (Å²) in [6.45, 7) is 10.2. The molecule has 0 radical (unpaired) electrons. The van der Waals surface area contributed by atoms with Crippen molar-refractivity contribution in [3.63, 3.8) is 0 Å². The second kappa shape index (κ2) is 7.25. The van der Waals surface area contributed by atoms with Crippen molar-refractivity contribution in [2.24, 2.45) is 5.73 Å².